The summed E-state index contributed by atoms with van der Waals surface area (Å²) >= 11 is 0. The minimum Gasteiger partial charge on any atom is -0.486 e. The summed E-state index contributed by atoms with van der Waals surface area (Å²) in [5, 5.41) is 9.35. The Morgan fingerprint density at radius 3 is 2.09 bits per heavy atom. The van der Waals surface area contributed by atoms with E-state index in [1.807, 2.05) is 27.7 Å². The number of rotatable bonds is 11. The van der Waals surface area contributed by atoms with Crippen LogP contribution in [0.25, 0.3) is 0 Å². The van der Waals surface area contributed by atoms with Crippen LogP contribution in [0.4, 0.5) is 0 Å². The lowest BCUT2D eigenvalue weighted by Crippen LogP contribution is -2.12. The molecule has 0 spiro atoms. The molecule has 0 bridgehead atoms. The van der Waals surface area contributed by atoms with Gasteiger partial charge in [-0.05, 0) is 45.1 Å². The summed E-state index contributed by atoms with van der Waals surface area (Å²) in [6, 6.07) is 0. The number of carbonyl (C=O) groups is 1. The second kappa shape index (κ2) is 11.3. The molecular formula is C19H34O3. The van der Waals surface area contributed by atoms with E-state index in [-0.39, 0.29) is 5.76 Å². The maximum absolute atomic E-state index is 11.4. The quantitative estimate of drug-likeness (QED) is 0.230. The van der Waals surface area contributed by atoms with Crippen molar-refractivity contribution in [3.63, 3.8) is 0 Å². The van der Waals surface area contributed by atoms with Crippen molar-refractivity contribution in [2.45, 2.75) is 80.1 Å². The van der Waals surface area contributed by atoms with Crippen molar-refractivity contribution < 1.29 is 14.6 Å². The molecule has 1 N–H and O–H groups in total. The third-order valence-corrected chi connectivity index (χ3v) is 3.95. The van der Waals surface area contributed by atoms with Gasteiger partial charge in [0.25, 0.3) is 0 Å². The first-order chi connectivity index (χ1) is 10.3. The molecule has 0 aliphatic rings. The summed E-state index contributed by atoms with van der Waals surface area (Å²) in [6.45, 7) is 12.6. The van der Waals surface area contributed by atoms with Crippen molar-refractivity contribution in [1.29, 1.82) is 0 Å². The van der Waals surface area contributed by atoms with Crippen LogP contribution in [0.5, 0.6) is 0 Å². The average molecular weight is 310 g/mol. The Bertz CT molecular complexity index is 403. The molecule has 0 heterocycles. The van der Waals surface area contributed by atoms with Gasteiger partial charge in [-0.2, -0.15) is 0 Å². The Hall–Kier alpha value is -1.25. The second-order valence-electron chi connectivity index (χ2n) is 6.53. The number of carboxylic acid groups (broad SMARTS) is 1. The molecule has 0 radical (unpaired) electrons. The minimum atomic E-state index is -0.978. The van der Waals surface area contributed by atoms with E-state index >= 15 is 0 Å². The molecule has 0 aliphatic carbocycles. The monoisotopic (exact) mass is 310 g/mol. The van der Waals surface area contributed by atoms with Gasteiger partial charge in [0.15, 0.2) is 0 Å². The summed E-state index contributed by atoms with van der Waals surface area (Å²) in [7, 11) is 0. The Kier molecular flexibility index (Phi) is 10.7. The van der Waals surface area contributed by atoms with Crippen LogP contribution in [0.1, 0.15) is 80.1 Å². The Labute approximate surface area is 136 Å². The molecular weight excluding hydrogens is 276 g/mol. The molecule has 3 nitrogen and oxygen atoms in total. The Morgan fingerprint density at radius 1 is 1.00 bits per heavy atom. The number of carboxylic acids is 1. The molecule has 0 saturated heterocycles. The highest BCUT2D eigenvalue weighted by Crippen LogP contribution is 2.23. The fraction of sp³-hybridized carbons (Fsp3) is 0.737. The molecule has 22 heavy (non-hydrogen) atoms. The van der Waals surface area contributed by atoms with Crippen molar-refractivity contribution in [2.24, 2.45) is 5.92 Å². The number of ether oxygens (including phenoxy) is 1. The minimum absolute atomic E-state index is 0.0940. The number of hydrogen-bond donors (Lipinski definition) is 1. The van der Waals surface area contributed by atoms with Gasteiger partial charge in [0, 0.05) is 5.57 Å². The molecule has 0 aliphatic heterocycles. The topological polar surface area (TPSA) is 46.5 Å². The second-order valence-corrected chi connectivity index (χ2v) is 6.53. The third kappa shape index (κ3) is 8.26. The fourth-order valence-corrected chi connectivity index (χ4v) is 2.25. The molecule has 128 valence electrons. The van der Waals surface area contributed by atoms with Gasteiger partial charge in [-0.15, -0.1) is 0 Å². The van der Waals surface area contributed by atoms with E-state index in [1.54, 1.807) is 0 Å². The van der Waals surface area contributed by atoms with Crippen molar-refractivity contribution in [3.8, 4) is 0 Å². The first-order valence-corrected chi connectivity index (χ1v) is 8.54. The van der Waals surface area contributed by atoms with Crippen LogP contribution in [0, 0.1) is 5.92 Å². The molecule has 0 rings (SSSR count). The predicted octanol–water partition coefficient (Wildman–Crippen LogP) is 5.71. The van der Waals surface area contributed by atoms with Gasteiger partial charge in [-0.25, -0.2) is 4.79 Å². The summed E-state index contributed by atoms with van der Waals surface area (Å²) in [5.74, 6) is -0.573. The van der Waals surface area contributed by atoms with E-state index in [4.69, 9.17) is 4.74 Å². The lowest BCUT2D eigenvalue weighted by atomic mass is 9.98. The van der Waals surface area contributed by atoms with Gasteiger partial charge in [0.2, 0.25) is 5.76 Å². The lowest BCUT2D eigenvalue weighted by Gasteiger charge is -2.15. The van der Waals surface area contributed by atoms with Gasteiger partial charge in [0.1, 0.15) is 0 Å². The predicted molar refractivity (Wildman–Crippen MR) is 92.9 cm³/mol. The van der Waals surface area contributed by atoms with Gasteiger partial charge >= 0.3 is 5.97 Å². The van der Waals surface area contributed by atoms with Crippen LogP contribution in [0.2, 0.25) is 0 Å². The zero-order chi connectivity index (χ0) is 17.1. The standard InChI is InChI=1S/C19H34O3/c1-7-8-9-10-11-12-15(4)16(5)17(6)18(19(20)21)22-13-14(2)3/h14H,7-13H2,1-6H3,(H,20,21)/b16-15+,18-17-. The zero-order valence-electron chi connectivity index (χ0n) is 15.3. The summed E-state index contributed by atoms with van der Waals surface area (Å²) in [6.07, 6.45) is 7.29. The van der Waals surface area contributed by atoms with Gasteiger partial charge in [0.05, 0.1) is 6.61 Å². The molecule has 0 aromatic carbocycles. The molecule has 0 atom stereocenters. The van der Waals surface area contributed by atoms with E-state index < -0.39 is 5.97 Å². The summed E-state index contributed by atoms with van der Waals surface area (Å²) in [4.78, 5) is 11.4. The van der Waals surface area contributed by atoms with E-state index in [1.165, 1.54) is 37.7 Å². The normalized spacial score (nSPS) is 13.8. The number of unbranched alkanes of at least 4 members (excludes halogenated alkanes) is 4. The highest BCUT2D eigenvalue weighted by atomic mass is 16.5. The maximum atomic E-state index is 11.4. The smallest absolute Gasteiger partial charge is 0.371 e. The number of allylic oxidation sites excluding steroid dienone is 3. The zero-order valence-corrected chi connectivity index (χ0v) is 15.3. The number of hydrogen-bond acceptors (Lipinski definition) is 2. The van der Waals surface area contributed by atoms with Gasteiger partial charge < -0.3 is 9.84 Å². The van der Waals surface area contributed by atoms with Crippen molar-refractivity contribution in [1.82, 2.24) is 0 Å². The lowest BCUT2D eigenvalue weighted by molar-refractivity contribution is -0.136. The average Bonchev–Trinajstić information content (AvgIpc) is 2.45. The van der Waals surface area contributed by atoms with E-state index in [9.17, 15) is 9.90 Å². The molecule has 0 aromatic rings. The van der Waals surface area contributed by atoms with Crippen LogP contribution in [-0.4, -0.2) is 17.7 Å². The van der Waals surface area contributed by atoms with Crippen LogP contribution >= 0.6 is 0 Å². The first kappa shape index (κ1) is 20.8. The fourth-order valence-electron chi connectivity index (χ4n) is 2.25. The highest BCUT2D eigenvalue weighted by Gasteiger charge is 2.16. The van der Waals surface area contributed by atoms with Crippen molar-refractivity contribution >= 4 is 5.97 Å². The van der Waals surface area contributed by atoms with Gasteiger partial charge in [-0.3, -0.25) is 0 Å². The van der Waals surface area contributed by atoms with Crippen LogP contribution in [0.15, 0.2) is 22.5 Å². The Balaban J connectivity index is 4.84. The maximum Gasteiger partial charge on any atom is 0.371 e. The van der Waals surface area contributed by atoms with Crippen LogP contribution in [-0.2, 0) is 9.53 Å². The van der Waals surface area contributed by atoms with E-state index in [0.29, 0.717) is 12.5 Å². The van der Waals surface area contributed by atoms with Crippen LogP contribution < -0.4 is 0 Å². The van der Waals surface area contributed by atoms with E-state index in [0.717, 1.165) is 17.6 Å². The largest absolute Gasteiger partial charge is 0.486 e. The molecule has 0 unspecified atom stereocenters. The molecule has 0 fully saturated rings. The summed E-state index contributed by atoms with van der Waals surface area (Å²) < 4.78 is 5.50. The molecule has 3 heteroatoms. The van der Waals surface area contributed by atoms with Gasteiger partial charge in [-0.1, -0.05) is 52.0 Å². The highest BCUT2D eigenvalue weighted by molar-refractivity contribution is 5.86. The molecule has 0 saturated carbocycles. The number of aliphatic carboxylic acids is 1. The summed E-state index contributed by atoms with van der Waals surface area (Å²) in [5.41, 5.74) is 3.07. The van der Waals surface area contributed by atoms with E-state index in [2.05, 4.69) is 13.8 Å². The third-order valence-electron chi connectivity index (χ3n) is 3.95. The van der Waals surface area contributed by atoms with Crippen molar-refractivity contribution in [2.75, 3.05) is 6.61 Å². The Morgan fingerprint density at radius 2 is 1.59 bits per heavy atom. The molecule has 0 amide bonds. The first-order valence-electron chi connectivity index (χ1n) is 8.54. The SMILES string of the molecule is CCCCCCC/C(C)=C(C)/C(C)=C(\OCC(C)C)C(=O)O. The van der Waals surface area contributed by atoms with Crippen LogP contribution in [0.3, 0.4) is 0 Å². The van der Waals surface area contributed by atoms with Crippen molar-refractivity contribution in [3.05, 3.63) is 22.5 Å². The molecule has 0 aromatic heterocycles.